The second-order valence-electron chi connectivity index (χ2n) is 18.7. The number of hydrogen-bond donors (Lipinski definition) is 0. The van der Waals surface area contributed by atoms with Crippen LogP contribution in [0.1, 0.15) is 44.5 Å². The molecule has 14 rings (SSSR count). The van der Waals surface area contributed by atoms with E-state index in [1.54, 1.807) is 0 Å². The topological polar surface area (TPSA) is 3.24 Å². The zero-order valence-corrected chi connectivity index (χ0v) is 37.9. The second-order valence-corrected chi connectivity index (χ2v) is 18.7. The summed E-state index contributed by atoms with van der Waals surface area (Å²) in [6.07, 6.45) is 0. The van der Waals surface area contributed by atoms with Gasteiger partial charge in [0.05, 0.1) is 10.8 Å². The Kier molecular flexibility index (Phi) is 8.78. The van der Waals surface area contributed by atoms with Gasteiger partial charge < -0.3 is 4.90 Å². The first kappa shape index (κ1) is 39.4. The molecule has 2 aliphatic rings. The van der Waals surface area contributed by atoms with Crippen LogP contribution in [0.5, 0.6) is 0 Å². The Bertz CT molecular complexity index is 3830. The molecule has 0 spiro atoms. The summed E-state index contributed by atoms with van der Waals surface area (Å²) in [6, 6.07) is 102. The quantitative estimate of drug-likeness (QED) is 0.144. The molecular weight excluding hydrogens is 831 g/mol. The van der Waals surface area contributed by atoms with Gasteiger partial charge in [-0.1, -0.05) is 237 Å². The number of nitrogens with zero attached hydrogens (tertiary/aromatic N) is 1. The van der Waals surface area contributed by atoms with E-state index in [1.807, 2.05) is 0 Å². The van der Waals surface area contributed by atoms with Crippen LogP contribution in [0.4, 0.5) is 17.1 Å². The van der Waals surface area contributed by atoms with E-state index >= 15 is 0 Å². The van der Waals surface area contributed by atoms with Gasteiger partial charge in [-0.25, -0.2) is 0 Å². The standard InChI is InChI=1S/C68H45N/c1-4-20-46(21-5-1)67(63-33-17-14-30-58(63)59-31-15-18-34-64(59)67)49-36-38-50(39-37-49)69(51-40-42-57-55-28-11-10-26-53(55)54-27-12-13-29-56(54)62(57)44-51)52-41-43-61-60-32-16-19-35-65(60)68(66(61)45-52,47-22-6-2-7-23-47)48-24-8-3-9-25-48/h1-45H. The Morgan fingerprint density at radius 1 is 0.203 bits per heavy atom. The van der Waals surface area contributed by atoms with Crippen LogP contribution >= 0.6 is 0 Å². The lowest BCUT2D eigenvalue weighted by molar-refractivity contribution is 0.768. The van der Waals surface area contributed by atoms with E-state index in [2.05, 4.69) is 278 Å². The molecule has 0 saturated carbocycles. The van der Waals surface area contributed by atoms with Gasteiger partial charge in [0, 0.05) is 17.1 Å². The Hall–Kier alpha value is -8.78. The van der Waals surface area contributed by atoms with Crippen LogP contribution in [-0.2, 0) is 10.8 Å². The number of anilines is 3. The maximum atomic E-state index is 2.49. The molecular formula is C68H45N. The molecule has 0 unspecified atom stereocenters. The van der Waals surface area contributed by atoms with Gasteiger partial charge in [-0.15, -0.1) is 0 Å². The van der Waals surface area contributed by atoms with E-state index in [9.17, 15) is 0 Å². The van der Waals surface area contributed by atoms with Crippen LogP contribution in [0.15, 0.2) is 273 Å². The van der Waals surface area contributed by atoms with E-state index in [4.69, 9.17) is 0 Å². The SMILES string of the molecule is c1ccc(C2(c3ccc(N(c4ccc5c(c4)C(c4ccccc4)(c4ccccc4)c4ccccc4-5)c4ccc5c6ccccc6c6ccccc6c5c4)cc3)c3ccccc3-c3ccccc32)cc1. The van der Waals surface area contributed by atoms with Crippen LogP contribution in [0.3, 0.4) is 0 Å². The zero-order chi connectivity index (χ0) is 45.5. The normalized spacial score (nSPS) is 13.7. The summed E-state index contributed by atoms with van der Waals surface area (Å²) in [6.45, 7) is 0. The van der Waals surface area contributed by atoms with Crippen LogP contribution in [0.25, 0.3) is 54.6 Å². The van der Waals surface area contributed by atoms with Crippen LogP contribution in [0.2, 0.25) is 0 Å². The second kappa shape index (κ2) is 15.4. The summed E-state index contributed by atoms with van der Waals surface area (Å²) in [5.41, 5.74) is 17.6. The lowest BCUT2D eigenvalue weighted by Gasteiger charge is -2.35. The molecule has 2 aliphatic carbocycles. The van der Waals surface area contributed by atoms with Gasteiger partial charge in [-0.2, -0.15) is 0 Å². The summed E-state index contributed by atoms with van der Waals surface area (Å²) in [5.74, 6) is 0. The molecule has 0 bridgehead atoms. The van der Waals surface area contributed by atoms with Gasteiger partial charge in [-0.05, 0) is 135 Å². The van der Waals surface area contributed by atoms with E-state index in [1.165, 1.54) is 99.1 Å². The van der Waals surface area contributed by atoms with Gasteiger partial charge in [-0.3, -0.25) is 0 Å². The summed E-state index contributed by atoms with van der Waals surface area (Å²) >= 11 is 0. The molecule has 0 fully saturated rings. The highest BCUT2D eigenvalue weighted by atomic mass is 15.1. The van der Waals surface area contributed by atoms with Crippen molar-refractivity contribution in [2.75, 3.05) is 4.90 Å². The van der Waals surface area contributed by atoms with Crippen LogP contribution in [0, 0.1) is 0 Å². The van der Waals surface area contributed by atoms with Gasteiger partial charge in [0.2, 0.25) is 0 Å². The average Bonchev–Trinajstić information content (AvgIpc) is 3.90. The van der Waals surface area contributed by atoms with Crippen molar-refractivity contribution in [2.45, 2.75) is 10.8 Å². The first-order valence-electron chi connectivity index (χ1n) is 24.1. The fraction of sp³-hybridized carbons (Fsp3) is 0.0294. The smallest absolute Gasteiger partial charge is 0.0714 e. The lowest BCUT2D eigenvalue weighted by Crippen LogP contribution is -2.29. The molecule has 69 heavy (non-hydrogen) atoms. The number of fused-ring (bicyclic) bond motifs is 12. The highest BCUT2D eigenvalue weighted by molar-refractivity contribution is 6.25. The first-order valence-corrected chi connectivity index (χ1v) is 24.1. The number of rotatable bonds is 7. The minimum Gasteiger partial charge on any atom is -0.310 e. The molecule has 0 amide bonds. The van der Waals surface area contributed by atoms with Crippen LogP contribution in [-0.4, -0.2) is 0 Å². The predicted molar refractivity (Wildman–Crippen MR) is 288 cm³/mol. The van der Waals surface area contributed by atoms with Gasteiger partial charge in [0.1, 0.15) is 0 Å². The van der Waals surface area contributed by atoms with Crippen LogP contribution < -0.4 is 4.90 Å². The van der Waals surface area contributed by atoms with Crippen molar-refractivity contribution >= 4 is 49.4 Å². The molecule has 0 radical (unpaired) electrons. The van der Waals surface area contributed by atoms with Gasteiger partial charge in [0.25, 0.3) is 0 Å². The largest absolute Gasteiger partial charge is 0.310 e. The van der Waals surface area contributed by atoms with E-state index in [-0.39, 0.29) is 0 Å². The minimum atomic E-state index is -0.538. The Labute approximate surface area is 402 Å². The average molecular weight is 876 g/mol. The molecule has 12 aromatic rings. The molecule has 1 heteroatoms. The molecule has 1 nitrogen and oxygen atoms in total. The Balaban J connectivity index is 1.03. The van der Waals surface area contributed by atoms with Crippen molar-refractivity contribution in [3.8, 4) is 22.3 Å². The third-order valence-corrected chi connectivity index (χ3v) is 15.4. The maximum Gasteiger partial charge on any atom is 0.0714 e. The highest BCUT2D eigenvalue weighted by Gasteiger charge is 2.47. The van der Waals surface area contributed by atoms with Crippen molar-refractivity contribution in [3.63, 3.8) is 0 Å². The predicted octanol–water partition coefficient (Wildman–Crippen LogP) is 17.3. The molecule has 0 atom stereocenters. The minimum absolute atomic E-state index is 0.495. The van der Waals surface area contributed by atoms with Crippen molar-refractivity contribution < 1.29 is 0 Å². The monoisotopic (exact) mass is 875 g/mol. The van der Waals surface area contributed by atoms with E-state index in [0.717, 1.165) is 17.1 Å². The maximum absolute atomic E-state index is 2.49. The van der Waals surface area contributed by atoms with Gasteiger partial charge in [0.15, 0.2) is 0 Å². The summed E-state index contributed by atoms with van der Waals surface area (Å²) in [5, 5.41) is 7.55. The molecule has 0 N–H and O–H groups in total. The molecule has 0 heterocycles. The summed E-state index contributed by atoms with van der Waals surface area (Å²) < 4.78 is 0. The Morgan fingerprint density at radius 3 is 1.00 bits per heavy atom. The highest BCUT2D eigenvalue weighted by Crippen LogP contribution is 2.59. The van der Waals surface area contributed by atoms with Crippen molar-refractivity contribution in [3.05, 3.63) is 317 Å². The fourth-order valence-corrected chi connectivity index (χ4v) is 12.6. The molecule has 0 saturated heterocycles. The molecule has 12 aromatic carbocycles. The summed E-state index contributed by atoms with van der Waals surface area (Å²) in [7, 11) is 0. The molecule has 0 aliphatic heterocycles. The number of hydrogen-bond acceptors (Lipinski definition) is 1. The zero-order valence-electron chi connectivity index (χ0n) is 37.9. The molecule has 0 aromatic heterocycles. The number of benzene rings is 12. The van der Waals surface area contributed by atoms with E-state index in [0.29, 0.717) is 0 Å². The summed E-state index contributed by atoms with van der Waals surface area (Å²) in [4.78, 5) is 2.49. The van der Waals surface area contributed by atoms with Crippen molar-refractivity contribution in [1.29, 1.82) is 0 Å². The third kappa shape index (κ3) is 5.59. The fourth-order valence-electron chi connectivity index (χ4n) is 12.6. The Morgan fingerprint density at radius 2 is 0.522 bits per heavy atom. The molecule has 322 valence electrons. The van der Waals surface area contributed by atoms with Crippen molar-refractivity contribution in [2.24, 2.45) is 0 Å². The lowest BCUT2D eigenvalue weighted by atomic mass is 9.67. The van der Waals surface area contributed by atoms with E-state index < -0.39 is 10.8 Å². The van der Waals surface area contributed by atoms with Crippen molar-refractivity contribution in [1.82, 2.24) is 0 Å². The van der Waals surface area contributed by atoms with Gasteiger partial charge >= 0.3 is 0 Å². The first-order chi connectivity index (χ1) is 34.2. The third-order valence-electron chi connectivity index (χ3n) is 15.4.